The van der Waals surface area contributed by atoms with E-state index in [1.54, 1.807) is 10.9 Å². The van der Waals surface area contributed by atoms with Gasteiger partial charge in [-0.05, 0) is 19.4 Å². The molecule has 0 aliphatic rings. The van der Waals surface area contributed by atoms with Gasteiger partial charge in [-0.2, -0.15) is 5.10 Å². The summed E-state index contributed by atoms with van der Waals surface area (Å²) in [6, 6.07) is 6.26. The Hall–Kier alpha value is -2.30. The highest BCUT2D eigenvalue weighted by molar-refractivity contribution is 5.95. The van der Waals surface area contributed by atoms with E-state index in [4.69, 9.17) is 11.5 Å². The molecule has 4 N–H and O–H groups in total. The molecule has 18 heavy (non-hydrogen) atoms. The van der Waals surface area contributed by atoms with E-state index in [-0.39, 0.29) is 5.69 Å². The van der Waals surface area contributed by atoms with Crippen molar-refractivity contribution in [2.75, 3.05) is 5.73 Å². The summed E-state index contributed by atoms with van der Waals surface area (Å²) < 4.78 is 1.63. The molecular formula is C13H16N4O. The lowest BCUT2D eigenvalue weighted by molar-refractivity contribution is 0.0995. The first-order chi connectivity index (χ1) is 8.45. The Bertz CT molecular complexity index is 581. The predicted molar refractivity (Wildman–Crippen MR) is 70.2 cm³/mol. The van der Waals surface area contributed by atoms with Gasteiger partial charge >= 0.3 is 0 Å². The van der Waals surface area contributed by atoms with Crippen molar-refractivity contribution in [3.8, 4) is 0 Å². The van der Waals surface area contributed by atoms with Crippen LogP contribution in [-0.2, 0) is 6.54 Å². The average Bonchev–Trinajstić information content (AvgIpc) is 2.57. The maximum Gasteiger partial charge on any atom is 0.271 e. The second-order valence-electron chi connectivity index (χ2n) is 4.49. The van der Waals surface area contributed by atoms with E-state index < -0.39 is 5.91 Å². The number of nitrogens with two attached hydrogens (primary N) is 2. The molecule has 0 spiro atoms. The van der Waals surface area contributed by atoms with Crippen LogP contribution in [0.5, 0.6) is 0 Å². The van der Waals surface area contributed by atoms with Crippen molar-refractivity contribution in [3.05, 3.63) is 46.8 Å². The van der Waals surface area contributed by atoms with Gasteiger partial charge in [-0.25, -0.2) is 0 Å². The number of rotatable bonds is 3. The molecule has 0 saturated carbocycles. The molecule has 5 heteroatoms. The summed E-state index contributed by atoms with van der Waals surface area (Å²) in [4.78, 5) is 11.1. The van der Waals surface area contributed by atoms with Crippen LogP contribution >= 0.6 is 0 Å². The number of hydrogen-bond acceptors (Lipinski definition) is 3. The Morgan fingerprint density at radius 3 is 2.39 bits per heavy atom. The maximum absolute atomic E-state index is 11.1. The smallest absolute Gasteiger partial charge is 0.271 e. The molecular weight excluding hydrogens is 228 g/mol. The monoisotopic (exact) mass is 244 g/mol. The molecule has 0 atom stereocenters. The number of carbonyl (C=O) groups is 1. The van der Waals surface area contributed by atoms with Gasteiger partial charge in [0, 0.05) is 6.20 Å². The van der Waals surface area contributed by atoms with Crippen LogP contribution in [0.2, 0.25) is 0 Å². The summed E-state index contributed by atoms with van der Waals surface area (Å²) >= 11 is 0. The first-order valence-corrected chi connectivity index (χ1v) is 5.65. The zero-order valence-corrected chi connectivity index (χ0v) is 10.5. The van der Waals surface area contributed by atoms with Crippen LogP contribution < -0.4 is 11.5 Å². The van der Waals surface area contributed by atoms with Gasteiger partial charge in [0.2, 0.25) is 0 Å². The fourth-order valence-corrected chi connectivity index (χ4v) is 2.06. The van der Waals surface area contributed by atoms with Gasteiger partial charge in [-0.15, -0.1) is 0 Å². The highest BCUT2D eigenvalue weighted by atomic mass is 16.1. The summed E-state index contributed by atoms with van der Waals surface area (Å²) in [7, 11) is 0. The first kappa shape index (κ1) is 12.2. The number of hydrogen-bond donors (Lipinski definition) is 2. The number of anilines is 1. The molecule has 1 heterocycles. The van der Waals surface area contributed by atoms with Gasteiger partial charge in [0.1, 0.15) is 0 Å². The summed E-state index contributed by atoms with van der Waals surface area (Å²) in [6.07, 6.45) is 1.62. The van der Waals surface area contributed by atoms with Crippen LogP contribution in [0.25, 0.3) is 0 Å². The van der Waals surface area contributed by atoms with Crippen LogP contribution in [-0.4, -0.2) is 15.7 Å². The number of aromatic nitrogens is 2. The number of aryl methyl sites for hydroxylation is 2. The first-order valence-electron chi connectivity index (χ1n) is 5.65. The number of amides is 1. The molecule has 1 aromatic carbocycles. The minimum absolute atomic E-state index is 0.124. The third-order valence-electron chi connectivity index (χ3n) is 2.65. The van der Waals surface area contributed by atoms with Gasteiger partial charge in [0.25, 0.3) is 5.91 Å². The Labute approximate surface area is 105 Å². The zero-order chi connectivity index (χ0) is 13.3. The highest BCUT2D eigenvalue weighted by Crippen LogP contribution is 2.13. The topological polar surface area (TPSA) is 86.9 Å². The summed E-state index contributed by atoms with van der Waals surface area (Å²) in [5.74, 6) is -0.605. The van der Waals surface area contributed by atoms with E-state index >= 15 is 0 Å². The Balaban J connectivity index is 2.28. The van der Waals surface area contributed by atoms with Crippen molar-refractivity contribution in [2.45, 2.75) is 20.4 Å². The standard InChI is InChI=1S/C13H16N4O/c1-8-3-9(2)5-10(4-8)6-17-7-11(14)12(16-17)13(15)18/h3-5,7H,6,14H2,1-2H3,(H2,15,18). The van der Waals surface area contributed by atoms with E-state index in [0.29, 0.717) is 12.2 Å². The van der Waals surface area contributed by atoms with Gasteiger partial charge in [0.15, 0.2) is 5.69 Å². The van der Waals surface area contributed by atoms with Gasteiger partial charge in [-0.1, -0.05) is 29.3 Å². The van der Waals surface area contributed by atoms with E-state index in [0.717, 1.165) is 5.56 Å². The summed E-state index contributed by atoms with van der Waals surface area (Å²) in [6.45, 7) is 4.66. The van der Waals surface area contributed by atoms with E-state index in [9.17, 15) is 4.79 Å². The molecule has 0 fully saturated rings. The number of nitrogen functional groups attached to an aromatic ring is 1. The lowest BCUT2D eigenvalue weighted by Crippen LogP contribution is -2.14. The third-order valence-corrected chi connectivity index (χ3v) is 2.65. The Morgan fingerprint density at radius 1 is 1.28 bits per heavy atom. The van der Waals surface area contributed by atoms with Crippen LogP contribution in [0.1, 0.15) is 27.2 Å². The van der Waals surface area contributed by atoms with Crippen molar-refractivity contribution >= 4 is 11.6 Å². The van der Waals surface area contributed by atoms with Crippen LogP contribution in [0, 0.1) is 13.8 Å². The van der Waals surface area contributed by atoms with E-state index in [1.165, 1.54) is 11.1 Å². The molecule has 0 saturated heterocycles. The fourth-order valence-electron chi connectivity index (χ4n) is 2.06. The number of primary amides is 1. The molecule has 0 unspecified atom stereocenters. The molecule has 94 valence electrons. The van der Waals surface area contributed by atoms with Crippen LogP contribution in [0.15, 0.2) is 24.4 Å². The van der Waals surface area contributed by atoms with Crippen molar-refractivity contribution in [2.24, 2.45) is 5.73 Å². The summed E-state index contributed by atoms with van der Waals surface area (Å²) in [5, 5.41) is 4.08. The quantitative estimate of drug-likeness (QED) is 0.851. The second-order valence-corrected chi connectivity index (χ2v) is 4.49. The van der Waals surface area contributed by atoms with Gasteiger partial charge in [-0.3, -0.25) is 9.48 Å². The Morgan fingerprint density at radius 2 is 1.89 bits per heavy atom. The molecule has 2 aromatic rings. The molecule has 0 aliphatic heterocycles. The number of carbonyl (C=O) groups excluding carboxylic acids is 1. The molecule has 1 aromatic heterocycles. The SMILES string of the molecule is Cc1cc(C)cc(Cn2cc(N)c(C(N)=O)n2)c1. The second kappa shape index (κ2) is 4.52. The lowest BCUT2D eigenvalue weighted by atomic mass is 10.1. The average molecular weight is 244 g/mol. The van der Waals surface area contributed by atoms with Crippen molar-refractivity contribution in [3.63, 3.8) is 0 Å². The summed E-state index contributed by atoms with van der Waals surface area (Å²) in [5.41, 5.74) is 14.8. The van der Waals surface area contributed by atoms with Crippen LogP contribution in [0.4, 0.5) is 5.69 Å². The molecule has 0 bridgehead atoms. The van der Waals surface area contributed by atoms with E-state index in [1.807, 2.05) is 13.8 Å². The van der Waals surface area contributed by atoms with Crippen LogP contribution in [0.3, 0.4) is 0 Å². The molecule has 2 rings (SSSR count). The molecule has 5 nitrogen and oxygen atoms in total. The zero-order valence-electron chi connectivity index (χ0n) is 10.5. The van der Waals surface area contributed by atoms with E-state index in [2.05, 4.69) is 23.3 Å². The minimum Gasteiger partial charge on any atom is -0.396 e. The number of nitrogens with zero attached hydrogens (tertiary/aromatic N) is 2. The maximum atomic E-state index is 11.1. The minimum atomic E-state index is -0.605. The largest absolute Gasteiger partial charge is 0.396 e. The van der Waals surface area contributed by atoms with Crippen molar-refractivity contribution in [1.82, 2.24) is 9.78 Å². The normalized spacial score (nSPS) is 10.6. The number of benzene rings is 1. The highest BCUT2D eigenvalue weighted by Gasteiger charge is 2.11. The molecule has 0 aliphatic carbocycles. The lowest BCUT2D eigenvalue weighted by Gasteiger charge is -2.05. The molecule has 1 amide bonds. The third kappa shape index (κ3) is 2.51. The van der Waals surface area contributed by atoms with Gasteiger partial charge < -0.3 is 11.5 Å². The molecule has 0 radical (unpaired) electrons. The van der Waals surface area contributed by atoms with Crippen molar-refractivity contribution in [1.29, 1.82) is 0 Å². The predicted octanol–water partition coefficient (Wildman–Crippen LogP) is 1.23. The van der Waals surface area contributed by atoms with Gasteiger partial charge in [0.05, 0.1) is 12.2 Å². The fraction of sp³-hybridized carbons (Fsp3) is 0.231. The van der Waals surface area contributed by atoms with Crippen molar-refractivity contribution < 1.29 is 4.79 Å². The Kier molecular flexibility index (Phi) is 3.06.